The third kappa shape index (κ3) is 3.01. The molecular formula is C9H16N4O4. The maximum Gasteiger partial charge on any atom is 0.153 e. The van der Waals surface area contributed by atoms with Gasteiger partial charge < -0.3 is 31.3 Å². The minimum Gasteiger partial charge on any atom is -0.394 e. The number of hydrazone groups is 1. The fourth-order valence-corrected chi connectivity index (χ4v) is 1.23. The first kappa shape index (κ1) is 13.6. The lowest BCUT2D eigenvalue weighted by molar-refractivity contribution is -0.0788. The van der Waals surface area contributed by atoms with Crippen LogP contribution in [0.3, 0.4) is 0 Å². The Morgan fingerprint density at radius 3 is 2.71 bits per heavy atom. The third-order valence-electron chi connectivity index (χ3n) is 2.36. The molecule has 1 heterocycles. The van der Waals surface area contributed by atoms with Crippen LogP contribution in [0.15, 0.2) is 11.3 Å². The van der Waals surface area contributed by atoms with E-state index in [1.54, 1.807) is 6.92 Å². The number of nitrogens with one attached hydrogen (secondary N) is 1. The van der Waals surface area contributed by atoms with Gasteiger partial charge in [0.1, 0.15) is 18.3 Å². The van der Waals surface area contributed by atoms with Gasteiger partial charge in [0.15, 0.2) is 5.82 Å². The quantitative estimate of drug-likeness (QED) is 0.197. The number of nitrogens with two attached hydrogens (primary N) is 1. The van der Waals surface area contributed by atoms with E-state index in [-0.39, 0.29) is 5.69 Å². The Balaban J connectivity index is 2.83. The van der Waals surface area contributed by atoms with Crippen molar-refractivity contribution >= 4 is 5.71 Å². The molecule has 0 unspecified atom stereocenters. The number of hydrogen-bond acceptors (Lipinski definition) is 7. The van der Waals surface area contributed by atoms with Gasteiger partial charge in [-0.05, 0) is 6.92 Å². The second kappa shape index (κ2) is 5.73. The van der Waals surface area contributed by atoms with Crippen LogP contribution in [0.2, 0.25) is 0 Å². The van der Waals surface area contributed by atoms with Crippen molar-refractivity contribution in [1.29, 1.82) is 0 Å². The third-order valence-corrected chi connectivity index (χ3v) is 2.36. The molecule has 8 nitrogen and oxygen atoms in total. The van der Waals surface area contributed by atoms with Crippen LogP contribution in [0.1, 0.15) is 24.5 Å². The van der Waals surface area contributed by atoms with E-state index < -0.39 is 24.9 Å². The molecule has 1 aromatic heterocycles. The Labute approximate surface area is 97.4 Å². The number of aromatic nitrogens is 2. The SMILES string of the molecule is CC(=NN)c1ncc([C@@H](O)[C@H](O)[C@H](O)CO)[nH]1. The first-order valence-electron chi connectivity index (χ1n) is 4.96. The summed E-state index contributed by atoms with van der Waals surface area (Å²) in [5.41, 5.74) is 0.628. The van der Waals surface area contributed by atoms with E-state index in [0.717, 1.165) is 0 Å². The Hall–Kier alpha value is -1.48. The highest BCUT2D eigenvalue weighted by molar-refractivity contribution is 5.95. The number of aliphatic hydroxyl groups excluding tert-OH is 4. The zero-order chi connectivity index (χ0) is 13.0. The monoisotopic (exact) mass is 244 g/mol. The number of nitrogens with zero attached hydrogens (tertiary/aromatic N) is 2. The molecular weight excluding hydrogens is 228 g/mol. The zero-order valence-corrected chi connectivity index (χ0v) is 9.28. The first-order valence-corrected chi connectivity index (χ1v) is 4.96. The molecule has 0 saturated carbocycles. The van der Waals surface area contributed by atoms with Gasteiger partial charge >= 0.3 is 0 Å². The van der Waals surface area contributed by atoms with Crippen molar-refractivity contribution in [3.8, 4) is 0 Å². The van der Waals surface area contributed by atoms with Gasteiger partial charge in [-0.3, -0.25) is 0 Å². The van der Waals surface area contributed by atoms with E-state index in [1.807, 2.05) is 0 Å². The lowest BCUT2D eigenvalue weighted by Crippen LogP contribution is -2.34. The Kier molecular flexibility index (Phi) is 4.58. The normalized spacial score (nSPS) is 17.8. The molecule has 1 aromatic rings. The number of rotatable bonds is 5. The predicted molar refractivity (Wildman–Crippen MR) is 59.0 cm³/mol. The van der Waals surface area contributed by atoms with Crippen LogP contribution in [-0.4, -0.2) is 54.9 Å². The fraction of sp³-hybridized carbons (Fsp3) is 0.556. The summed E-state index contributed by atoms with van der Waals surface area (Å²) in [5.74, 6) is 5.42. The summed E-state index contributed by atoms with van der Waals surface area (Å²) in [6.45, 7) is 0.969. The number of hydrogen-bond donors (Lipinski definition) is 6. The average molecular weight is 244 g/mol. The highest BCUT2D eigenvalue weighted by atomic mass is 16.4. The van der Waals surface area contributed by atoms with Crippen molar-refractivity contribution in [2.45, 2.75) is 25.2 Å². The molecule has 0 aliphatic rings. The van der Waals surface area contributed by atoms with Crippen molar-refractivity contribution in [2.24, 2.45) is 10.9 Å². The molecule has 0 aromatic carbocycles. The van der Waals surface area contributed by atoms with Crippen molar-refractivity contribution < 1.29 is 20.4 Å². The fourth-order valence-electron chi connectivity index (χ4n) is 1.23. The molecule has 0 bridgehead atoms. The predicted octanol–water partition coefficient (Wildman–Crippen LogP) is -2.16. The van der Waals surface area contributed by atoms with Crippen molar-refractivity contribution in [2.75, 3.05) is 6.61 Å². The van der Waals surface area contributed by atoms with Crippen LogP contribution >= 0.6 is 0 Å². The molecule has 0 saturated heterocycles. The maximum absolute atomic E-state index is 9.69. The highest BCUT2D eigenvalue weighted by Gasteiger charge is 2.27. The summed E-state index contributed by atoms with van der Waals surface area (Å²) in [6, 6.07) is 0. The molecule has 1 rings (SSSR count). The molecule has 0 aliphatic heterocycles. The number of aromatic amines is 1. The standard InChI is InChI=1S/C9H16N4O4/c1-4(13-10)9-11-2-5(12-9)7(16)8(17)6(15)3-14/h2,6-8,14-17H,3,10H2,1H3,(H,11,12)/t6-,7-,8-/m1/s1. The molecule has 0 aliphatic carbocycles. The molecule has 8 heteroatoms. The molecule has 3 atom stereocenters. The van der Waals surface area contributed by atoms with Gasteiger partial charge in [0, 0.05) is 0 Å². The van der Waals surface area contributed by atoms with Gasteiger partial charge in [0.25, 0.3) is 0 Å². The molecule has 0 radical (unpaired) electrons. The van der Waals surface area contributed by atoms with Crippen molar-refractivity contribution in [3.63, 3.8) is 0 Å². The Morgan fingerprint density at radius 2 is 2.18 bits per heavy atom. The average Bonchev–Trinajstić information content (AvgIpc) is 2.84. The minimum atomic E-state index is -1.51. The summed E-state index contributed by atoms with van der Waals surface area (Å²) in [7, 11) is 0. The van der Waals surface area contributed by atoms with Crippen LogP contribution in [-0.2, 0) is 0 Å². The van der Waals surface area contributed by atoms with Gasteiger partial charge in [0.2, 0.25) is 0 Å². The lowest BCUT2D eigenvalue weighted by atomic mass is 10.1. The molecule has 0 amide bonds. The molecule has 96 valence electrons. The smallest absolute Gasteiger partial charge is 0.153 e. The second-order valence-electron chi connectivity index (χ2n) is 3.59. The lowest BCUT2D eigenvalue weighted by Gasteiger charge is -2.20. The molecule has 0 spiro atoms. The highest BCUT2D eigenvalue weighted by Crippen LogP contribution is 2.17. The van der Waals surface area contributed by atoms with Crippen LogP contribution in [0, 0.1) is 0 Å². The molecule has 7 N–H and O–H groups in total. The summed E-state index contributed by atoms with van der Waals surface area (Å²) < 4.78 is 0. The summed E-state index contributed by atoms with van der Waals surface area (Å²) in [6.07, 6.45) is -3.03. The summed E-state index contributed by atoms with van der Waals surface area (Å²) in [5, 5.41) is 40.4. The van der Waals surface area contributed by atoms with Crippen LogP contribution in [0.25, 0.3) is 0 Å². The zero-order valence-electron chi connectivity index (χ0n) is 9.28. The van der Waals surface area contributed by atoms with Gasteiger partial charge in [-0.15, -0.1) is 0 Å². The molecule has 0 fully saturated rings. The Morgan fingerprint density at radius 1 is 1.53 bits per heavy atom. The van der Waals surface area contributed by atoms with E-state index in [2.05, 4.69) is 15.1 Å². The van der Waals surface area contributed by atoms with E-state index in [1.165, 1.54) is 6.20 Å². The summed E-state index contributed by atoms with van der Waals surface area (Å²) in [4.78, 5) is 6.59. The number of aliphatic hydroxyl groups is 4. The second-order valence-corrected chi connectivity index (χ2v) is 3.59. The van der Waals surface area contributed by atoms with Gasteiger partial charge in [-0.1, -0.05) is 0 Å². The van der Waals surface area contributed by atoms with E-state index in [0.29, 0.717) is 11.5 Å². The first-order chi connectivity index (χ1) is 8.01. The Bertz CT molecular complexity index is 392. The van der Waals surface area contributed by atoms with Gasteiger partial charge in [-0.2, -0.15) is 5.10 Å². The van der Waals surface area contributed by atoms with Crippen molar-refractivity contribution in [1.82, 2.24) is 9.97 Å². The van der Waals surface area contributed by atoms with Crippen LogP contribution < -0.4 is 5.84 Å². The van der Waals surface area contributed by atoms with Crippen LogP contribution in [0.4, 0.5) is 0 Å². The number of imidazole rings is 1. The maximum atomic E-state index is 9.69. The molecule has 17 heavy (non-hydrogen) atoms. The van der Waals surface area contributed by atoms with E-state index in [9.17, 15) is 15.3 Å². The van der Waals surface area contributed by atoms with Gasteiger partial charge in [0.05, 0.1) is 24.2 Å². The minimum absolute atomic E-state index is 0.197. The van der Waals surface area contributed by atoms with Crippen molar-refractivity contribution in [3.05, 3.63) is 17.7 Å². The van der Waals surface area contributed by atoms with E-state index in [4.69, 9.17) is 10.9 Å². The van der Waals surface area contributed by atoms with E-state index >= 15 is 0 Å². The topological polar surface area (TPSA) is 148 Å². The summed E-state index contributed by atoms with van der Waals surface area (Å²) >= 11 is 0. The van der Waals surface area contributed by atoms with Crippen LogP contribution in [0.5, 0.6) is 0 Å². The van der Waals surface area contributed by atoms with Gasteiger partial charge in [-0.25, -0.2) is 4.98 Å². The number of H-pyrrole nitrogens is 1. The largest absolute Gasteiger partial charge is 0.394 e.